The molecule has 2 aromatic carbocycles. The van der Waals surface area contributed by atoms with Crippen molar-refractivity contribution in [2.75, 3.05) is 12.4 Å². The van der Waals surface area contributed by atoms with Crippen LogP contribution in [0.2, 0.25) is 0 Å². The van der Waals surface area contributed by atoms with Crippen LogP contribution in [-0.2, 0) is 6.54 Å². The maximum absolute atomic E-state index is 13.0. The molecule has 1 heterocycles. The SMILES string of the molecule is COc1ccc(NC(=S)N/N=C\c2cccn2Cc2ccc(F)cc2)cc1. The zero-order chi connectivity index (χ0) is 19.1. The number of halogens is 1. The molecular formula is C20H19FN4OS. The zero-order valence-electron chi connectivity index (χ0n) is 14.7. The van der Waals surface area contributed by atoms with Crippen molar-refractivity contribution in [3.8, 4) is 5.75 Å². The molecule has 5 nitrogen and oxygen atoms in total. The van der Waals surface area contributed by atoms with Crippen molar-refractivity contribution in [2.24, 2.45) is 5.10 Å². The zero-order valence-corrected chi connectivity index (χ0v) is 15.5. The Morgan fingerprint density at radius 1 is 1.15 bits per heavy atom. The van der Waals surface area contributed by atoms with E-state index in [4.69, 9.17) is 17.0 Å². The molecular weight excluding hydrogens is 363 g/mol. The number of nitrogens with one attached hydrogen (secondary N) is 2. The van der Waals surface area contributed by atoms with Gasteiger partial charge in [0, 0.05) is 18.4 Å². The Morgan fingerprint density at radius 3 is 2.59 bits per heavy atom. The van der Waals surface area contributed by atoms with E-state index in [1.54, 1.807) is 25.5 Å². The minimum atomic E-state index is -0.241. The van der Waals surface area contributed by atoms with Gasteiger partial charge in [-0.2, -0.15) is 5.10 Å². The summed E-state index contributed by atoms with van der Waals surface area (Å²) in [5.41, 5.74) is 5.54. The van der Waals surface area contributed by atoms with Gasteiger partial charge in [0.05, 0.1) is 19.0 Å². The fraction of sp³-hybridized carbons (Fsp3) is 0.100. The van der Waals surface area contributed by atoms with Gasteiger partial charge < -0.3 is 14.6 Å². The maximum Gasteiger partial charge on any atom is 0.191 e. The molecule has 0 saturated carbocycles. The number of hydrogen-bond donors (Lipinski definition) is 2. The number of aromatic nitrogens is 1. The Morgan fingerprint density at radius 2 is 1.89 bits per heavy atom. The Labute approximate surface area is 162 Å². The van der Waals surface area contributed by atoms with Gasteiger partial charge in [-0.25, -0.2) is 4.39 Å². The van der Waals surface area contributed by atoms with E-state index in [1.165, 1.54) is 12.1 Å². The molecule has 0 saturated heterocycles. The summed E-state index contributed by atoms with van der Waals surface area (Å²) in [5, 5.41) is 7.60. The highest BCUT2D eigenvalue weighted by molar-refractivity contribution is 7.80. The fourth-order valence-electron chi connectivity index (χ4n) is 2.47. The second-order valence-electron chi connectivity index (χ2n) is 5.74. The summed E-state index contributed by atoms with van der Waals surface area (Å²) >= 11 is 5.23. The van der Waals surface area contributed by atoms with Crippen LogP contribution < -0.4 is 15.5 Å². The van der Waals surface area contributed by atoms with Gasteiger partial charge in [-0.3, -0.25) is 5.43 Å². The standard InChI is InChI=1S/C20H19FN4OS/c1-26-19-10-8-17(9-11-19)23-20(27)24-22-13-18-3-2-12-25(18)14-15-4-6-16(21)7-5-15/h2-13H,14H2,1H3,(H2,23,24,27)/b22-13-. The number of anilines is 1. The summed E-state index contributed by atoms with van der Waals surface area (Å²) in [5.74, 6) is 0.537. The molecule has 2 N–H and O–H groups in total. The lowest BCUT2D eigenvalue weighted by atomic mass is 10.2. The first-order valence-electron chi connectivity index (χ1n) is 8.28. The van der Waals surface area contributed by atoms with Gasteiger partial charge in [-0.05, 0) is 66.3 Å². The first-order chi connectivity index (χ1) is 13.1. The third-order valence-corrected chi connectivity index (χ3v) is 4.03. The number of hydrazone groups is 1. The molecule has 3 aromatic rings. The second kappa shape index (κ2) is 8.95. The molecule has 27 heavy (non-hydrogen) atoms. The van der Waals surface area contributed by atoms with Gasteiger partial charge in [0.2, 0.25) is 0 Å². The van der Waals surface area contributed by atoms with Crippen molar-refractivity contribution in [3.05, 3.63) is 83.9 Å². The first kappa shape index (κ1) is 18.6. The molecule has 0 fully saturated rings. The van der Waals surface area contributed by atoms with Gasteiger partial charge in [-0.1, -0.05) is 12.1 Å². The number of benzene rings is 2. The lowest BCUT2D eigenvalue weighted by Crippen LogP contribution is -2.24. The van der Waals surface area contributed by atoms with Gasteiger partial charge >= 0.3 is 0 Å². The van der Waals surface area contributed by atoms with Crippen LogP contribution in [0.25, 0.3) is 0 Å². The highest BCUT2D eigenvalue weighted by Gasteiger charge is 2.01. The Hall–Kier alpha value is -3.19. The predicted octanol–water partition coefficient (Wildman–Crippen LogP) is 4.00. The largest absolute Gasteiger partial charge is 0.497 e. The molecule has 7 heteroatoms. The Bertz CT molecular complexity index is 920. The molecule has 0 aliphatic rings. The highest BCUT2D eigenvalue weighted by Crippen LogP contribution is 2.14. The van der Waals surface area contributed by atoms with Crippen molar-refractivity contribution < 1.29 is 9.13 Å². The van der Waals surface area contributed by atoms with Crippen LogP contribution in [0.15, 0.2) is 72.0 Å². The third kappa shape index (κ3) is 5.39. The molecule has 0 spiro atoms. The molecule has 0 atom stereocenters. The maximum atomic E-state index is 13.0. The molecule has 0 aliphatic heterocycles. The van der Waals surface area contributed by atoms with Crippen molar-refractivity contribution in [1.29, 1.82) is 0 Å². The number of thiocarbonyl (C=S) groups is 1. The lowest BCUT2D eigenvalue weighted by Gasteiger charge is -2.08. The molecule has 0 aliphatic carbocycles. The van der Waals surface area contributed by atoms with Crippen molar-refractivity contribution >= 4 is 29.2 Å². The second-order valence-corrected chi connectivity index (χ2v) is 6.15. The molecule has 0 amide bonds. The summed E-state index contributed by atoms with van der Waals surface area (Å²) in [4.78, 5) is 0. The van der Waals surface area contributed by atoms with Crippen molar-refractivity contribution in [1.82, 2.24) is 9.99 Å². The smallest absolute Gasteiger partial charge is 0.191 e. The third-order valence-electron chi connectivity index (χ3n) is 3.84. The van der Waals surface area contributed by atoms with Gasteiger partial charge in [-0.15, -0.1) is 0 Å². The van der Waals surface area contributed by atoms with E-state index in [-0.39, 0.29) is 5.82 Å². The lowest BCUT2D eigenvalue weighted by molar-refractivity contribution is 0.415. The van der Waals surface area contributed by atoms with Crippen LogP contribution in [0.1, 0.15) is 11.3 Å². The Kier molecular flexibility index (Phi) is 6.17. The summed E-state index contributed by atoms with van der Waals surface area (Å²) in [6.07, 6.45) is 3.63. The number of methoxy groups -OCH3 is 1. The van der Waals surface area contributed by atoms with Crippen molar-refractivity contribution in [2.45, 2.75) is 6.54 Å². The fourth-order valence-corrected chi connectivity index (χ4v) is 2.64. The molecule has 1 aromatic heterocycles. The van der Waals surface area contributed by atoms with Crippen LogP contribution >= 0.6 is 12.2 Å². The average molecular weight is 382 g/mol. The van der Waals surface area contributed by atoms with E-state index in [1.807, 2.05) is 47.2 Å². The summed E-state index contributed by atoms with van der Waals surface area (Å²) < 4.78 is 20.2. The quantitative estimate of drug-likeness (QED) is 0.384. The van der Waals surface area contributed by atoms with Crippen LogP contribution in [0.3, 0.4) is 0 Å². The first-order valence-corrected chi connectivity index (χ1v) is 8.68. The van der Waals surface area contributed by atoms with Crippen molar-refractivity contribution in [3.63, 3.8) is 0 Å². The van der Waals surface area contributed by atoms with E-state index in [2.05, 4.69) is 15.8 Å². The van der Waals surface area contributed by atoms with Gasteiger partial charge in [0.25, 0.3) is 0 Å². The van der Waals surface area contributed by atoms with E-state index < -0.39 is 0 Å². The van der Waals surface area contributed by atoms with Crippen LogP contribution in [-0.4, -0.2) is 23.0 Å². The van der Waals surface area contributed by atoms with E-state index >= 15 is 0 Å². The molecule has 138 valence electrons. The summed E-state index contributed by atoms with van der Waals surface area (Å²) in [6, 6.07) is 17.7. The highest BCUT2D eigenvalue weighted by atomic mass is 32.1. The van der Waals surface area contributed by atoms with Crippen LogP contribution in [0.5, 0.6) is 5.75 Å². The monoisotopic (exact) mass is 382 g/mol. The summed E-state index contributed by atoms with van der Waals surface area (Å²) in [7, 11) is 1.62. The average Bonchev–Trinajstić information content (AvgIpc) is 3.11. The van der Waals surface area contributed by atoms with Crippen LogP contribution in [0, 0.1) is 5.82 Å². The normalized spacial score (nSPS) is 10.7. The summed E-state index contributed by atoms with van der Waals surface area (Å²) in [6.45, 7) is 0.628. The van der Waals surface area contributed by atoms with E-state index in [9.17, 15) is 4.39 Å². The number of hydrogen-bond acceptors (Lipinski definition) is 3. The number of rotatable bonds is 6. The molecule has 0 radical (unpaired) electrons. The molecule has 0 bridgehead atoms. The topological polar surface area (TPSA) is 50.6 Å². The minimum Gasteiger partial charge on any atom is -0.497 e. The molecule has 0 unspecified atom stereocenters. The number of nitrogens with zero attached hydrogens (tertiary/aromatic N) is 2. The van der Waals surface area contributed by atoms with E-state index in [0.29, 0.717) is 11.7 Å². The number of ether oxygens (including phenoxy) is 1. The predicted molar refractivity (Wildman–Crippen MR) is 110 cm³/mol. The van der Waals surface area contributed by atoms with Crippen LogP contribution in [0.4, 0.5) is 10.1 Å². The van der Waals surface area contributed by atoms with Gasteiger partial charge in [0.15, 0.2) is 5.11 Å². The molecule has 3 rings (SSSR count). The Balaban J connectivity index is 1.55. The van der Waals surface area contributed by atoms with E-state index in [0.717, 1.165) is 22.7 Å². The minimum absolute atomic E-state index is 0.241. The van der Waals surface area contributed by atoms with Gasteiger partial charge in [0.1, 0.15) is 11.6 Å².